The molecular formula is C12H15BrO. The summed E-state index contributed by atoms with van der Waals surface area (Å²) in [7, 11) is 0. The Morgan fingerprint density at radius 2 is 2.00 bits per heavy atom. The normalized spacial score (nSPS) is 10.3. The Bertz CT molecular complexity index is 356. The number of hydrogen-bond acceptors (Lipinski definition) is 1. The third-order valence-electron chi connectivity index (χ3n) is 2.44. The predicted molar refractivity (Wildman–Crippen MR) is 62.6 cm³/mol. The summed E-state index contributed by atoms with van der Waals surface area (Å²) in [5, 5.41) is 0. The van der Waals surface area contributed by atoms with Crippen molar-refractivity contribution >= 4 is 21.7 Å². The van der Waals surface area contributed by atoms with Crippen molar-refractivity contribution in [3.8, 4) is 0 Å². The van der Waals surface area contributed by atoms with Gasteiger partial charge >= 0.3 is 0 Å². The van der Waals surface area contributed by atoms with Crippen molar-refractivity contribution in [3.05, 3.63) is 33.3 Å². The molecule has 0 fully saturated rings. The number of carbonyl (C=O) groups excluding carboxylic acids is 1. The molecule has 1 aromatic carbocycles. The molecule has 1 aromatic rings. The number of halogens is 1. The maximum absolute atomic E-state index is 10.9. The minimum Gasteiger partial charge on any atom is -0.300 e. The molecule has 0 aliphatic carbocycles. The molecule has 0 saturated heterocycles. The number of hydrogen-bond donors (Lipinski definition) is 0. The van der Waals surface area contributed by atoms with Crippen molar-refractivity contribution in [2.75, 3.05) is 0 Å². The van der Waals surface area contributed by atoms with E-state index in [1.807, 2.05) is 0 Å². The average molecular weight is 255 g/mol. The monoisotopic (exact) mass is 254 g/mol. The zero-order valence-corrected chi connectivity index (χ0v) is 10.4. The third kappa shape index (κ3) is 2.68. The second-order valence-corrected chi connectivity index (χ2v) is 4.48. The van der Waals surface area contributed by atoms with E-state index in [-0.39, 0.29) is 5.78 Å². The van der Waals surface area contributed by atoms with Gasteiger partial charge in [0.25, 0.3) is 0 Å². The Hall–Kier alpha value is -0.630. The molecule has 0 bridgehead atoms. The first kappa shape index (κ1) is 11.4. The number of benzene rings is 1. The summed E-state index contributed by atoms with van der Waals surface area (Å²) in [6.07, 6.45) is 1.48. The van der Waals surface area contributed by atoms with E-state index in [9.17, 15) is 4.79 Å². The van der Waals surface area contributed by atoms with E-state index < -0.39 is 0 Å². The molecule has 0 heterocycles. The first-order valence-electron chi connectivity index (χ1n) is 4.76. The van der Waals surface area contributed by atoms with Crippen LogP contribution in [0.15, 0.2) is 16.6 Å². The summed E-state index contributed by atoms with van der Waals surface area (Å²) in [5.41, 5.74) is 3.76. The maximum atomic E-state index is 10.9. The highest BCUT2D eigenvalue weighted by Gasteiger charge is 2.05. The molecule has 0 unspecified atom stereocenters. The molecule has 0 aliphatic heterocycles. The van der Waals surface area contributed by atoms with Crippen LogP contribution in [0.2, 0.25) is 0 Å². The number of aryl methyl sites for hydroxylation is 2. The first-order valence-corrected chi connectivity index (χ1v) is 5.55. The lowest BCUT2D eigenvalue weighted by atomic mass is 10.0. The first-order chi connectivity index (χ1) is 6.52. The Kier molecular flexibility index (Phi) is 3.87. The fourth-order valence-electron chi connectivity index (χ4n) is 1.44. The molecule has 2 heteroatoms. The molecule has 0 spiro atoms. The van der Waals surface area contributed by atoms with Crippen molar-refractivity contribution in [3.63, 3.8) is 0 Å². The van der Waals surface area contributed by atoms with Crippen LogP contribution in [0.25, 0.3) is 0 Å². The topological polar surface area (TPSA) is 17.1 Å². The van der Waals surface area contributed by atoms with Crippen LogP contribution >= 0.6 is 15.9 Å². The van der Waals surface area contributed by atoms with Crippen LogP contribution in [0.5, 0.6) is 0 Å². The van der Waals surface area contributed by atoms with Gasteiger partial charge in [0.05, 0.1) is 0 Å². The standard InChI is InChI=1S/C12H15BrO/c1-8-4-6-11(7-5-9(2)14)10(3)12(8)13/h4,6H,5,7H2,1-3H3. The van der Waals surface area contributed by atoms with E-state index in [1.54, 1.807) is 6.92 Å². The fraction of sp³-hybridized carbons (Fsp3) is 0.417. The van der Waals surface area contributed by atoms with Crippen molar-refractivity contribution in [1.29, 1.82) is 0 Å². The molecule has 0 amide bonds. The van der Waals surface area contributed by atoms with Crippen LogP contribution in [-0.2, 0) is 11.2 Å². The molecule has 0 radical (unpaired) electrons. The molecule has 1 rings (SSSR count). The summed E-state index contributed by atoms with van der Waals surface area (Å²) in [5.74, 6) is 0.251. The van der Waals surface area contributed by atoms with Gasteiger partial charge in [0.15, 0.2) is 0 Å². The number of ketones is 1. The smallest absolute Gasteiger partial charge is 0.130 e. The predicted octanol–water partition coefficient (Wildman–Crippen LogP) is 3.59. The Morgan fingerprint density at radius 3 is 2.57 bits per heavy atom. The third-order valence-corrected chi connectivity index (χ3v) is 3.66. The molecule has 0 atom stereocenters. The highest BCUT2D eigenvalue weighted by molar-refractivity contribution is 9.10. The van der Waals surface area contributed by atoms with Gasteiger partial charge in [0, 0.05) is 10.9 Å². The molecule has 14 heavy (non-hydrogen) atoms. The zero-order chi connectivity index (χ0) is 10.7. The van der Waals surface area contributed by atoms with Crippen molar-refractivity contribution in [2.24, 2.45) is 0 Å². The number of carbonyl (C=O) groups is 1. The van der Waals surface area contributed by atoms with Gasteiger partial charge in [0.2, 0.25) is 0 Å². The van der Waals surface area contributed by atoms with Gasteiger partial charge < -0.3 is 4.79 Å². The van der Waals surface area contributed by atoms with Crippen molar-refractivity contribution < 1.29 is 4.79 Å². The minimum absolute atomic E-state index is 0.251. The summed E-state index contributed by atoms with van der Waals surface area (Å²) < 4.78 is 1.17. The number of Topliss-reactive ketones (excluding diaryl/α,β-unsaturated/α-hetero) is 1. The Balaban J connectivity index is 2.88. The zero-order valence-electron chi connectivity index (χ0n) is 8.86. The van der Waals surface area contributed by atoms with Gasteiger partial charge in [0.1, 0.15) is 5.78 Å². The Morgan fingerprint density at radius 1 is 1.36 bits per heavy atom. The van der Waals surface area contributed by atoms with Crippen LogP contribution in [0.1, 0.15) is 30.0 Å². The van der Waals surface area contributed by atoms with Gasteiger partial charge in [-0.05, 0) is 43.9 Å². The van der Waals surface area contributed by atoms with Crippen LogP contribution < -0.4 is 0 Å². The van der Waals surface area contributed by atoms with Gasteiger partial charge in [-0.25, -0.2) is 0 Å². The van der Waals surface area contributed by atoms with Crippen LogP contribution in [0, 0.1) is 13.8 Å². The lowest BCUT2D eigenvalue weighted by Crippen LogP contribution is -1.97. The van der Waals surface area contributed by atoms with E-state index in [0.717, 1.165) is 6.42 Å². The fourth-order valence-corrected chi connectivity index (χ4v) is 1.83. The van der Waals surface area contributed by atoms with Crippen molar-refractivity contribution in [1.82, 2.24) is 0 Å². The van der Waals surface area contributed by atoms with E-state index >= 15 is 0 Å². The summed E-state index contributed by atoms with van der Waals surface area (Å²) in [4.78, 5) is 10.9. The van der Waals surface area contributed by atoms with Crippen LogP contribution in [0.4, 0.5) is 0 Å². The number of rotatable bonds is 3. The lowest BCUT2D eigenvalue weighted by Gasteiger charge is -2.08. The summed E-state index contributed by atoms with van der Waals surface area (Å²) in [6, 6.07) is 4.20. The van der Waals surface area contributed by atoms with E-state index in [4.69, 9.17) is 0 Å². The summed E-state index contributed by atoms with van der Waals surface area (Å²) in [6.45, 7) is 5.80. The van der Waals surface area contributed by atoms with Gasteiger partial charge in [-0.15, -0.1) is 0 Å². The van der Waals surface area contributed by atoms with Gasteiger partial charge in [-0.3, -0.25) is 0 Å². The van der Waals surface area contributed by atoms with Gasteiger partial charge in [-0.1, -0.05) is 28.1 Å². The van der Waals surface area contributed by atoms with E-state index in [0.29, 0.717) is 6.42 Å². The Labute approximate surface area is 93.7 Å². The SMILES string of the molecule is CC(=O)CCc1ccc(C)c(Br)c1C. The second kappa shape index (κ2) is 4.74. The molecule has 1 nitrogen and oxygen atoms in total. The van der Waals surface area contributed by atoms with Crippen molar-refractivity contribution in [2.45, 2.75) is 33.6 Å². The maximum Gasteiger partial charge on any atom is 0.130 e. The molecular weight excluding hydrogens is 240 g/mol. The molecule has 0 N–H and O–H groups in total. The largest absolute Gasteiger partial charge is 0.300 e. The quantitative estimate of drug-likeness (QED) is 0.806. The van der Waals surface area contributed by atoms with E-state index in [2.05, 4.69) is 41.9 Å². The molecule has 76 valence electrons. The highest BCUT2D eigenvalue weighted by atomic mass is 79.9. The summed E-state index contributed by atoms with van der Waals surface area (Å²) >= 11 is 3.55. The highest BCUT2D eigenvalue weighted by Crippen LogP contribution is 2.24. The molecule has 0 aliphatic rings. The van der Waals surface area contributed by atoms with Crippen LogP contribution in [-0.4, -0.2) is 5.78 Å². The minimum atomic E-state index is 0.251. The molecule has 0 aromatic heterocycles. The molecule has 0 saturated carbocycles. The second-order valence-electron chi connectivity index (χ2n) is 3.68. The lowest BCUT2D eigenvalue weighted by molar-refractivity contribution is -0.116. The average Bonchev–Trinajstić information content (AvgIpc) is 2.13. The van der Waals surface area contributed by atoms with Gasteiger partial charge in [-0.2, -0.15) is 0 Å². The van der Waals surface area contributed by atoms with Crippen LogP contribution in [0.3, 0.4) is 0 Å². The van der Waals surface area contributed by atoms with E-state index in [1.165, 1.54) is 21.2 Å².